The van der Waals surface area contributed by atoms with E-state index >= 15 is 0 Å². The fourth-order valence-electron chi connectivity index (χ4n) is 2.61. The highest BCUT2D eigenvalue weighted by atomic mass is 32.1. The Morgan fingerprint density at radius 1 is 1.21 bits per heavy atom. The summed E-state index contributed by atoms with van der Waals surface area (Å²) in [7, 11) is 0. The summed E-state index contributed by atoms with van der Waals surface area (Å²) >= 11 is 1.80. The van der Waals surface area contributed by atoms with Crippen molar-refractivity contribution in [2.24, 2.45) is 0 Å². The zero-order valence-electron chi connectivity index (χ0n) is 11.4. The lowest BCUT2D eigenvalue weighted by Gasteiger charge is -2.19. The molecular weight excluding hydrogens is 252 g/mol. The predicted molar refractivity (Wildman–Crippen MR) is 84.3 cm³/mol. The maximum atomic E-state index is 3.53. The molecule has 1 aromatic heterocycles. The molecule has 0 unspecified atom stereocenters. The highest BCUT2D eigenvalue weighted by molar-refractivity contribution is 7.09. The van der Waals surface area contributed by atoms with Gasteiger partial charge in [0.2, 0.25) is 0 Å². The minimum atomic E-state index is 0.918. The van der Waals surface area contributed by atoms with Gasteiger partial charge in [-0.3, -0.25) is 0 Å². The van der Waals surface area contributed by atoms with Gasteiger partial charge in [-0.1, -0.05) is 6.07 Å². The number of nitrogens with one attached hydrogen (secondary N) is 1. The van der Waals surface area contributed by atoms with E-state index in [1.54, 1.807) is 11.3 Å². The average Bonchev–Trinajstić information content (AvgIpc) is 3.10. The summed E-state index contributed by atoms with van der Waals surface area (Å²) in [6, 6.07) is 11.0. The molecule has 1 aromatic carbocycles. The van der Waals surface area contributed by atoms with Crippen LogP contribution in [0.15, 0.2) is 35.7 Å². The molecule has 0 amide bonds. The molecule has 1 N–H and O–H groups in total. The van der Waals surface area contributed by atoms with E-state index in [0.717, 1.165) is 6.54 Å². The van der Waals surface area contributed by atoms with Gasteiger partial charge in [0.15, 0.2) is 0 Å². The van der Waals surface area contributed by atoms with Gasteiger partial charge >= 0.3 is 0 Å². The standard InChI is InChI=1S/C16H20N2S/c1-13-11-14(18-8-2-3-9-18)6-7-16(13)17-12-15-5-4-10-19-15/h4-7,10-11,17H,2-3,8-9,12H2,1H3. The molecule has 3 rings (SSSR count). The SMILES string of the molecule is Cc1cc(N2CCCC2)ccc1NCc1cccs1. The number of nitrogens with zero attached hydrogens (tertiary/aromatic N) is 1. The lowest BCUT2D eigenvalue weighted by Crippen LogP contribution is -2.17. The smallest absolute Gasteiger partial charge is 0.0494 e. The van der Waals surface area contributed by atoms with Crippen molar-refractivity contribution in [3.05, 3.63) is 46.2 Å². The summed E-state index contributed by atoms with van der Waals surface area (Å²) < 4.78 is 0. The molecule has 1 aliphatic rings. The second kappa shape index (κ2) is 5.66. The molecule has 1 aliphatic heterocycles. The first-order valence-corrected chi connectivity index (χ1v) is 7.83. The zero-order chi connectivity index (χ0) is 13.1. The molecule has 0 spiro atoms. The molecule has 2 aromatic rings. The molecule has 1 saturated heterocycles. The van der Waals surface area contributed by atoms with Gasteiger partial charge in [0.1, 0.15) is 0 Å². The van der Waals surface area contributed by atoms with Crippen LogP contribution < -0.4 is 10.2 Å². The molecule has 0 atom stereocenters. The summed E-state index contributed by atoms with van der Waals surface area (Å²) in [5.74, 6) is 0. The van der Waals surface area contributed by atoms with E-state index in [2.05, 4.69) is 52.9 Å². The van der Waals surface area contributed by atoms with E-state index in [0.29, 0.717) is 0 Å². The van der Waals surface area contributed by atoms with Crippen LogP contribution in [0.3, 0.4) is 0 Å². The normalized spacial score (nSPS) is 14.9. The minimum Gasteiger partial charge on any atom is -0.380 e. The van der Waals surface area contributed by atoms with Crippen molar-refractivity contribution in [1.29, 1.82) is 0 Å². The number of hydrogen-bond acceptors (Lipinski definition) is 3. The van der Waals surface area contributed by atoms with E-state index in [9.17, 15) is 0 Å². The van der Waals surface area contributed by atoms with Crippen molar-refractivity contribution in [3.8, 4) is 0 Å². The average molecular weight is 272 g/mol. The first-order chi connectivity index (χ1) is 9.33. The van der Waals surface area contributed by atoms with Gasteiger partial charge in [-0.25, -0.2) is 0 Å². The van der Waals surface area contributed by atoms with E-state index in [1.807, 2.05) is 0 Å². The van der Waals surface area contributed by atoms with Gasteiger partial charge in [-0.2, -0.15) is 0 Å². The second-order valence-corrected chi connectivity index (χ2v) is 6.16. The zero-order valence-corrected chi connectivity index (χ0v) is 12.2. The molecule has 100 valence electrons. The van der Waals surface area contributed by atoms with Crippen LogP contribution in [0.2, 0.25) is 0 Å². The summed E-state index contributed by atoms with van der Waals surface area (Å²) in [5.41, 5.74) is 3.95. The van der Waals surface area contributed by atoms with Crippen LogP contribution in [-0.4, -0.2) is 13.1 Å². The molecule has 0 saturated carbocycles. The largest absolute Gasteiger partial charge is 0.380 e. The van der Waals surface area contributed by atoms with E-state index in [4.69, 9.17) is 0 Å². The van der Waals surface area contributed by atoms with Crippen molar-refractivity contribution in [2.75, 3.05) is 23.3 Å². The van der Waals surface area contributed by atoms with Crippen molar-refractivity contribution >= 4 is 22.7 Å². The fraction of sp³-hybridized carbons (Fsp3) is 0.375. The number of rotatable bonds is 4. The first-order valence-electron chi connectivity index (χ1n) is 6.95. The van der Waals surface area contributed by atoms with Crippen LogP contribution in [0.4, 0.5) is 11.4 Å². The Morgan fingerprint density at radius 3 is 2.74 bits per heavy atom. The van der Waals surface area contributed by atoms with Crippen LogP contribution in [-0.2, 0) is 6.54 Å². The number of benzene rings is 1. The lowest BCUT2D eigenvalue weighted by atomic mass is 10.1. The second-order valence-electron chi connectivity index (χ2n) is 5.13. The van der Waals surface area contributed by atoms with Gasteiger partial charge in [-0.15, -0.1) is 11.3 Å². The summed E-state index contributed by atoms with van der Waals surface area (Å²) in [6.45, 7) is 5.53. The highest BCUT2D eigenvalue weighted by Crippen LogP contribution is 2.26. The van der Waals surface area contributed by atoms with Gasteiger partial charge in [0.05, 0.1) is 0 Å². The van der Waals surface area contributed by atoms with Crippen LogP contribution in [0, 0.1) is 6.92 Å². The molecule has 0 aliphatic carbocycles. The molecular formula is C16H20N2S. The molecule has 19 heavy (non-hydrogen) atoms. The Bertz CT molecular complexity index is 528. The van der Waals surface area contributed by atoms with Crippen molar-refractivity contribution in [2.45, 2.75) is 26.3 Å². The highest BCUT2D eigenvalue weighted by Gasteiger charge is 2.12. The summed E-state index contributed by atoms with van der Waals surface area (Å²) in [4.78, 5) is 3.86. The molecule has 3 heteroatoms. The Kier molecular flexibility index (Phi) is 3.74. The topological polar surface area (TPSA) is 15.3 Å². The van der Waals surface area contributed by atoms with Crippen LogP contribution in [0.25, 0.3) is 0 Å². The monoisotopic (exact) mass is 272 g/mol. The fourth-order valence-corrected chi connectivity index (χ4v) is 3.26. The maximum absolute atomic E-state index is 3.53. The summed E-state index contributed by atoms with van der Waals surface area (Å²) in [6.07, 6.45) is 2.66. The quantitative estimate of drug-likeness (QED) is 0.894. The van der Waals surface area contributed by atoms with Crippen LogP contribution in [0.5, 0.6) is 0 Å². The van der Waals surface area contributed by atoms with Gasteiger partial charge in [0, 0.05) is 35.9 Å². The minimum absolute atomic E-state index is 0.918. The first kappa shape index (κ1) is 12.5. The Balaban J connectivity index is 1.68. The van der Waals surface area contributed by atoms with E-state index in [1.165, 1.54) is 47.7 Å². The molecule has 2 nitrogen and oxygen atoms in total. The molecule has 1 fully saturated rings. The third-order valence-electron chi connectivity index (χ3n) is 3.71. The molecule has 0 radical (unpaired) electrons. The predicted octanol–water partition coefficient (Wildman–Crippen LogP) is 4.27. The van der Waals surface area contributed by atoms with Crippen molar-refractivity contribution in [1.82, 2.24) is 0 Å². The van der Waals surface area contributed by atoms with E-state index in [-0.39, 0.29) is 0 Å². The maximum Gasteiger partial charge on any atom is 0.0494 e. The van der Waals surface area contributed by atoms with Gasteiger partial charge < -0.3 is 10.2 Å². The Morgan fingerprint density at radius 2 is 2.05 bits per heavy atom. The lowest BCUT2D eigenvalue weighted by molar-refractivity contribution is 0.949. The van der Waals surface area contributed by atoms with Gasteiger partial charge in [0.25, 0.3) is 0 Å². The van der Waals surface area contributed by atoms with Crippen molar-refractivity contribution in [3.63, 3.8) is 0 Å². The Labute approximate surface area is 119 Å². The molecule has 2 heterocycles. The van der Waals surface area contributed by atoms with E-state index < -0.39 is 0 Å². The Hall–Kier alpha value is -1.48. The number of hydrogen-bond donors (Lipinski definition) is 1. The molecule has 0 bridgehead atoms. The third-order valence-corrected chi connectivity index (χ3v) is 4.59. The third kappa shape index (κ3) is 2.92. The number of aryl methyl sites for hydroxylation is 1. The summed E-state index contributed by atoms with van der Waals surface area (Å²) in [5, 5.41) is 5.65. The van der Waals surface area contributed by atoms with Crippen LogP contribution >= 0.6 is 11.3 Å². The number of thiophene rings is 1. The van der Waals surface area contributed by atoms with Gasteiger partial charge in [-0.05, 0) is 55.0 Å². The van der Waals surface area contributed by atoms with Crippen LogP contribution in [0.1, 0.15) is 23.3 Å². The number of anilines is 2. The van der Waals surface area contributed by atoms with Crippen molar-refractivity contribution < 1.29 is 0 Å².